The third-order valence-corrected chi connectivity index (χ3v) is 2.63. The number of anilines is 1. The van der Waals surface area contributed by atoms with Crippen molar-refractivity contribution < 1.29 is 14.3 Å². The Balaban J connectivity index is 2.22. The van der Waals surface area contributed by atoms with Crippen LogP contribution in [0.15, 0.2) is 35.1 Å². The van der Waals surface area contributed by atoms with Gasteiger partial charge in [-0.1, -0.05) is 23.2 Å². The molecule has 0 bridgehead atoms. The number of rotatable bonds is 2. The minimum atomic E-state index is -0.350. The maximum atomic E-state index is 11.7. The molecular formula is C11H7Cl2NO3. The molecule has 2 N–H and O–H groups in total. The predicted octanol–water partition coefficient (Wildman–Crippen LogP) is 3.54. The van der Waals surface area contributed by atoms with E-state index in [1.54, 1.807) is 0 Å². The average molecular weight is 272 g/mol. The molecule has 17 heavy (non-hydrogen) atoms. The number of halogens is 2. The lowest BCUT2D eigenvalue weighted by molar-refractivity contribution is 0.102. The van der Waals surface area contributed by atoms with Gasteiger partial charge in [0, 0.05) is 5.69 Å². The normalized spacial score (nSPS) is 10.2. The number of hydrogen-bond donors (Lipinski definition) is 2. The van der Waals surface area contributed by atoms with Crippen LogP contribution in [-0.4, -0.2) is 11.0 Å². The number of phenolic OH excluding ortho intramolecular Hbond substituents is 1. The van der Waals surface area contributed by atoms with E-state index >= 15 is 0 Å². The lowest BCUT2D eigenvalue weighted by Crippen LogP contribution is -2.10. The van der Waals surface area contributed by atoms with E-state index < -0.39 is 0 Å². The summed E-state index contributed by atoms with van der Waals surface area (Å²) in [7, 11) is 0. The summed E-state index contributed by atoms with van der Waals surface area (Å²) >= 11 is 11.4. The van der Waals surface area contributed by atoms with Gasteiger partial charge in [0.25, 0.3) is 5.91 Å². The first-order valence-electron chi connectivity index (χ1n) is 4.59. The molecule has 0 fully saturated rings. The topological polar surface area (TPSA) is 62.5 Å². The van der Waals surface area contributed by atoms with Gasteiger partial charge in [-0.05, 0) is 18.2 Å². The maximum Gasteiger partial charge on any atom is 0.258 e. The van der Waals surface area contributed by atoms with Gasteiger partial charge in [-0.3, -0.25) is 4.79 Å². The van der Waals surface area contributed by atoms with Crippen LogP contribution in [0.5, 0.6) is 5.75 Å². The molecule has 1 aromatic carbocycles. The van der Waals surface area contributed by atoms with Gasteiger partial charge in [0.05, 0.1) is 21.9 Å². The SMILES string of the molecule is O=C(Nc1cc(Cl)c(O)c(Cl)c1)c1ccoc1. The molecule has 0 atom stereocenters. The van der Waals surface area contributed by atoms with Gasteiger partial charge in [0.15, 0.2) is 5.75 Å². The van der Waals surface area contributed by atoms with Gasteiger partial charge in [-0.15, -0.1) is 0 Å². The summed E-state index contributed by atoms with van der Waals surface area (Å²) < 4.78 is 4.79. The van der Waals surface area contributed by atoms with Crippen LogP contribution in [-0.2, 0) is 0 Å². The number of carbonyl (C=O) groups excluding carboxylic acids is 1. The van der Waals surface area contributed by atoms with Crippen molar-refractivity contribution in [2.75, 3.05) is 5.32 Å². The number of nitrogens with one attached hydrogen (secondary N) is 1. The highest BCUT2D eigenvalue weighted by atomic mass is 35.5. The molecule has 0 radical (unpaired) electrons. The van der Waals surface area contributed by atoms with Crippen molar-refractivity contribution in [2.45, 2.75) is 0 Å². The second-order valence-corrected chi connectivity index (χ2v) is 4.07. The average Bonchev–Trinajstić information content (AvgIpc) is 2.79. The van der Waals surface area contributed by atoms with Gasteiger partial charge in [0.2, 0.25) is 0 Å². The predicted molar refractivity (Wildman–Crippen MR) is 64.8 cm³/mol. The largest absolute Gasteiger partial charge is 0.505 e. The highest BCUT2D eigenvalue weighted by molar-refractivity contribution is 6.37. The second-order valence-electron chi connectivity index (χ2n) is 3.25. The van der Waals surface area contributed by atoms with Crippen molar-refractivity contribution in [3.63, 3.8) is 0 Å². The van der Waals surface area contributed by atoms with E-state index in [0.29, 0.717) is 11.3 Å². The molecule has 88 valence electrons. The Morgan fingerprint density at radius 2 is 1.94 bits per heavy atom. The van der Waals surface area contributed by atoms with Crippen LogP contribution in [0.1, 0.15) is 10.4 Å². The highest BCUT2D eigenvalue weighted by Crippen LogP contribution is 2.34. The third-order valence-electron chi connectivity index (χ3n) is 2.06. The Bertz CT molecular complexity index is 529. The van der Waals surface area contributed by atoms with Crippen LogP contribution < -0.4 is 5.32 Å². The molecule has 6 heteroatoms. The van der Waals surface area contributed by atoms with Crippen LogP contribution in [0.4, 0.5) is 5.69 Å². The van der Waals surface area contributed by atoms with Crippen molar-refractivity contribution in [3.8, 4) is 5.75 Å². The van der Waals surface area contributed by atoms with E-state index in [1.807, 2.05) is 0 Å². The molecule has 0 saturated carbocycles. The summed E-state index contributed by atoms with van der Waals surface area (Å²) in [5.41, 5.74) is 0.773. The summed E-state index contributed by atoms with van der Waals surface area (Å²) in [6.45, 7) is 0. The number of furan rings is 1. The van der Waals surface area contributed by atoms with Crippen LogP contribution in [0.2, 0.25) is 10.0 Å². The molecule has 0 aliphatic rings. The Morgan fingerprint density at radius 3 is 2.47 bits per heavy atom. The molecule has 1 amide bonds. The Morgan fingerprint density at radius 1 is 1.29 bits per heavy atom. The molecule has 0 unspecified atom stereocenters. The van der Waals surface area contributed by atoms with Crippen molar-refractivity contribution in [3.05, 3.63) is 46.3 Å². The zero-order valence-electron chi connectivity index (χ0n) is 8.41. The van der Waals surface area contributed by atoms with E-state index in [1.165, 1.54) is 30.7 Å². The van der Waals surface area contributed by atoms with E-state index in [4.69, 9.17) is 27.6 Å². The fourth-order valence-corrected chi connectivity index (χ4v) is 1.72. The molecule has 1 heterocycles. The van der Waals surface area contributed by atoms with E-state index in [0.717, 1.165) is 0 Å². The van der Waals surface area contributed by atoms with Gasteiger partial charge < -0.3 is 14.8 Å². The lowest BCUT2D eigenvalue weighted by Gasteiger charge is -2.06. The van der Waals surface area contributed by atoms with Crippen molar-refractivity contribution in [2.24, 2.45) is 0 Å². The molecule has 2 rings (SSSR count). The first-order chi connectivity index (χ1) is 8.08. The number of amides is 1. The smallest absolute Gasteiger partial charge is 0.258 e. The molecular weight excluding hydrogens is 265 g/mol. The fourth-order valence-electron chi connectivity index (χ4n) is 1.23. The first-order valence-corrected chi connectivity index (χ1v) is 5.35. The molecule has 0 aliphatic heterocycles. The minimum absolute atomic E-state index is 0.0694. The summed E-state index contributed by atoms with van der Waals surface area (Å²) in [5.74, 6) is -0.564. The number of hydrogen-bond acceptors (Lipinski definition) is 3. The fraction of sp³-hybridized carbons (Fsp3) is 0. The number of aromatic hydroxyl groups is 1. The standard InChI is InChI=1S/C11H7Cl2NO3/c12-8-3-7(4-9(13)10(8)15)14-11(16)6-1-2-17-5-6/h1-5,15H,(H,14,16). The third kappa shape index (κ3) is 2.54. The molecule has 2 aromatic rings. The molecule has 0 aliphatic carbocycles. The summed E-state index contributed by atoms with van der Waals surface area (Å²) in [6, 6.07) is 4.33. The molecule has 0 spiro atoms. The molecule has 4 nitrogen and oxygen atoms in total. The number of phenols is 1. The Hall–Kier alpha value is -1.65. The lowest BCUT2D eigenvalue weighted by atomic mass is 10.2. The van der Waals surface area contributed by atoms with Crippen LogP contribution in [0.3, 0.4) is 0 Å². The monoisotopic (exact) mass is 271 g/mol. The number of carbonyl (C=O) groups is 1. The maximum absolute atomic E-state index is 11.7. The van der Waals surface area contributed by atoms with Gasteiger partial charge in [0.1, 0.15) is 6.26 Å². The van der Waals surface area contributed by atoms with Gasteiger partial charge in [-0.25, -0.2) is 0 Å². The minimum Gasteiger partial charge on any atom is -0.505 e. The van der Waals surface area contributed by atoms with Crippen molar-refractivity contribution in [1.29, 1.82) is 0 Å². The quantitative estimate of drug-likeness (QED) is 0.822. The Labute approximate surface area is 107 Å². The highest BCUT2D eigenvalue weighted by Gasteiger charge is 2.11. The van der Waals surface area contributed by atoms with E-state index in [9.17, 15) is 9.90 Å². The van der Waals surface area contributed by atoms with Crippen molar-refractivity contribution in [1.82, 2.24) is 0 Å². The van der Waals surface area contributed by atoms with Gasteiger partial charge >= 0.3 is 0 Å². The van der Waals surface area contributed by atoms with Crippen molar-refractivity contribution >= 4 is 34.8 Å². The van der Waals surface area contributed by atoms with Crippen LogP contribution in [0, 0.1) is 0 Å². The molecule has 1 aromatic heterocycles. The first kappa shape index (κ1) is 11.8. The van der Waals surface area contributed by atoms with Crippen LogP contribution >= 0.6 is 23.2 Å². The Kier molecular flexibility index (Phi) is 3.26. The zero-order valence-corrected chi connectivity index (χ0v) is 9.92. The molecule has 0 saturated heterocycles. The summed E-state index contributed by atoms with van der Waals surface area (Å²) in [5, 5.41) is 12.1. The summed E-state index contributed by atoms with van der Waals surface area (Å²) in [6.07, 6.45) is 2.71. The summed E-state index contributed by atoms with van der Waals surface area (Å²) in [4.78, 5) is 11.7. The number of benzene rings is 1. The van der Waals surface area contributed by atoms with Gasteiger partial charge in [-0.2, -0.15) is 0 Å². The zero-order chi connectivity index (χ0) is 12.4. The van der Waals surface area contributed by atoms with E-state index in [2.05, 4.69) is 5.32 Å². The van der Waals surface area contributed by atoms with E-state index in [-0.39, 0.29) is 21.7 Å². The second kappa shape index (κ2) is 4.69. The van der Waals surface area contributed by atoms with Crippen LogP contribution in [0.25, 0.3) is 0 Å².